The zero-order valence-electron chi connectivity index (χ0n) is 13.7. The maximum absolute atomic E-state index is 11.9. The Kier molecular flexibility index (Phi) is 6.36. The third-order valence-electron chi connectivity index (χ3n) is 3.80. The van der Waals surface area contributed by atoms with Gasteiger partial charge in [0.15, 0.2) is 6.29 Å². The number of carbonyl (C=O) groups excluding carboxylic acids is 2. The lowest BCUT2D eigenvalue weighted by Crippen LogP contribution is -2.30. The summed E-state index contributed by atoms with van der Waals surface area (Å²) in [6, 6.07) is 5.23. The van der Waals surface area contributed by atoms with Gasteiger partial charge >= 0.3 is 11.9 Å². The van der Waals surface area contributed by atoms with Crippen LogP contribution < -0.4 is 0 Å². The minimum absolute atomic E-state index is 0.00488. The summed E-state index contributed by atoms with van der Waals surface area (Å²) < 4.78 is 20.6. The van der Waals surface area contributed by atoms with Crippen LogP contribution in [-0.4, -0.2) is 46.2 Å². The number of benzene rings is 1. The van der Waals surface area contributed by atoms with Crippen LogP contribution in [0.5, 0.6) is 0 Å². The first kappa shape index (κ1) is 18.4. The molecule has 1 aromatic rings. The Balaban J connectivity index is 2.55. The Morgan fingerprint density at radius 3 is 2.62 bits per heavy atom. The Bertz CT molecular complexity index is 654. The number of ether oxygens (including phenoxy) is 4. The van der Waals surface area contributed by atoms with Gasteiger partial charge in [-0.2, -0.15) is 0 Å². The third kappa shape index (κ3) is 4.14. The molecule has 0 N–H and O–H groups in total. The van der Waals surface area contributed by atoms with E-state index in [1.165, 1.54) is 21.3 Å². The van der Waals surface area contributed by atoms with Gasteiger partial charge in [0.1, 0.15) is 0 Å². The van der Waals surface area contributed by atoms with Gasteiger partial charge in [0.05, 0.1) is 32.8 Å². The normalized spacial score (nSPS) is 22.4. The van der Waals surface area contributed by atoms with Crippen LogP contribution in [0.1, 0.15) is 23.5 Å². The lowest BCUT2D eigenvalue weighted by molar-refractivity contribution is -0.155. The van der Waals surface area contributed by atoms with E-state index in [0.29, 0.717) is 10.6 Å². The van der Waals surface area contributed by atoms with Crippen molar-refractivity contribution in [3.8, 4) is 0 Å². The molecule has 2 atom stereocenters. The molecule has 0 aliphatic carbocycles. The van der Waals surface area contributed by atoms with Gasteiger partial charge in [-0.05, 0) is 29.3 Å². The molecule has 2 unspecified atom stereocenters. The van der Waals surface area contributed by atoms with E-state index < -0.39 is 24.1 Å². The second-order valence-corrected chi connectivity index (χ2v) is 5.67. The number of carbonyl (C=O) groups is 2. The Labute approximate surface area is 145 Å². The molecule has 0 amide bonds. The lowest BCUT2D eigenvalue weighted by atomic mass is 9.89. The molecule has 6 nitrogen and oxygen atoms in total. The zero-order chi connectivity index (χ0) is 17.7. The molecule has 0 fully saturated rings. The zero-order valence-corrected chi connectivity index (χ0v) is 14.5. The predicted molar refractivity (Wildman–Crippen MR) is 87.6 cm³/mol. The van der Waals surface area contributed by atoms with Crippen molar-refractivity contribution in [2.45, 2.75) is 18.6 Å². The molecule has 2 rings (SSSR count). The highest BCUT2D eigenvalue weighted by Gasteiger charge is 2.31. The topological polar surface area (TPSA) is 71.1 Å². The fourth-order valence-corrected chi connectivity index (χ4v) is 2.79. The van der Waals surface area contributed by atoms with Crippen molar-refractivity contribution in [2.24, 2.45) is 0 Å². The van der Waals surface area contributed by atoms with Crippen LogP contribution >= 0.6 is 11.6 Å². The van der Waals surface area contributed by atoms with Crippen LogP contribution in [0, 0.1) is 0 Å². The molecule has 0 spiro atoms. The van der Waals surface area contributed by atoms with Gasteiger partial charge in [-0.15, -0.1) is 0 Å². The van der Waals surface area contributed by atoms with E-state index in [1.807, 2.05) is 0 Å². The number of hydrogen-bond acceptors (Lipinski definition) is 6. The van der Waals surface area contributed by atoms with Gasteiger partial charge < -0.3 is 18.9 Å². The van der Waals surface area contributed by atoms with Crippen LogP contribution in [-0.2, 0) is 28.5 Å². The number of hydrogen-bond donors (Lipinski definition) is 0. The summed E-state index contributed by atoms with van der Waals surface area (Å²) in [5.74, 6) is -1.31. The van der Waals surface area contributed by atoms with Crippen LogP contribution in [0.4, 0.5) is 0 Å². The van der Waals surface area contributed by atoms with Gasteiger partial charge in [0.2, 0.25) is 0 Å². The van der Waals surface area contributed by atoms with E-state index >= 15 is 0 Å². The molecule has 0 bridgehead atoms. The number of rotatable bonds is 4. The molecule has 0 saturated heterocycles. The second-order valence-electron chi connectivity index (χ2n) is 5.24. The third-order valence-corrected chi connectivity index (χ3v) is 4.04. The first-order chi connectivity index (χ1) is 11.5. The first-order valence-electron chi connectivity index (χ1n) is 7.29. The molecule has 130 valence electrons. The summed E-state index contributed by atoms with van der Waals surface area (Å²) >= 11 is 6.11. The van der Waals surface area contributed by atoms with Gasteiger partial charge in [-0.3, -0.25) is 4.79 Å². The molecule has 0 saturated carbocycles. The minimum atomic E-state index is -0.741. The SMILES string of the molecule is COC(=O)CC1c2cc(Cl)ccc2/C=C(/C(=O)OC)COC1OC. The van der Waals surface area contributed by atoms with Gasteiger partial charge in [-0.1, -0.05) is 17.7 Å². The van der Waals surface area contributed by atoms with Crippen molar-refractivity contribution in [3.63, 3.8) is 0 Å². The van der Waals surface area contributed by atoms with Crippen LogP contribution in [0.3, 0.4) is 0 Å². The fourth-order valence-electron chi connectivity index (χ4n) is 2.61. The smallest absolute Gasteiger partial charge is 0.336 e. The van der Waals surface area contributed by atoms with Crippen molar-refractivity contribution in [3.05, 3.63) is 39.9 Å². The molecule has 24 heavy (non-hydrogen) atoms. The quantitative estimate of drug-likeness (QED) is 0.774. The van der Waals surface area contributed by atoms with Crippen LogP contribution in [0.15, 0.2) is 23.8 Å². The Morgan fingerprint density at radius 2 is 2.00 bits per heavy atom. The molecule has 7 heteroatoms. The predicted octanol–water partition coefficient (Wildman–Crippen LogP) is 2.55. The van der Waals surface area contributed by atoms with Crippen molar-refractivity contribution >= 4 is 29.6 Å². The van der Waals surface area contributed by atoms with E-state index in [1.54, 1.807) is 24.3 Å². The summed E-state index contributed by atoms with van der Waals surface area (Å²) in [6.45, 7) is 0.00488. The maximum Gasteiger partial charge on any atom is 0.336 e. The fraction of sp³-hybridized carbons (Fsp3) is 0.412. The van der Waals surface area contributed by atoms with Crippen molar-refractivity contribution in [1.82, 2.24) is 0 Å². The second kappa shape index (κ2) is 8.28. The standard InChI is InChI=1S/C17H19ClO6/c1-21-15(19)8-14-13-7-12(18)5-4-10(13)6-11(16(20)22-2)9-24-17(14)23-3/h4-7,14,17H,8-9H2,1-3H3/b11-6+. The molecule has 1 aliphatic heterocycles. The van der Waals surface area contributed by atoms with Crippen LogP contribution in [0.2, 0.25) is 5.02 Å². The van der Waals surface area contributed by atoms with E-state index in [-0.39, 0.29) is 13.0 Å². The lowest BCUT2D eigenvalue weighted by Gasteiger charge is -2.29. The van der Waals surface area contributed by atoms with E-state index in [0.717, 1.165) is 11.1 Å². The van der Waals surface area contributed by atoms with Gasteiger partial charge in [-0.25, -0.2) is 4.79 Å². The van der Waals surface area contributed by atoms with Gasteiger partial charge in [0, 0.05) is 18.1 Å². The molecule has 1 aromatic carbocycles. The number of halogens is 1. The highest BCUT2D eigenvalue weighted by molar-refractivity contribution is 6.30. The number of esters is 2. The molecule has 0 radical (unpaired) electrons. The maximum atomic E-state index is 11.9. The average molecular weight is 355 g/mol. The highest BCUT2D eigenvalue weighted by atomic mass is 35.5. The van der Waals surface area contributed by atoms with Crippen LogP contribution in [0.25, 0.3) is 6.08 Å². The van der Waals surface area contributed by atoms with Crippen molar-refractivity contribution < 1.29 is 28.5 Å². The summed E-state index contributed by atoms with van der Waals surface area (Å²) in [5.41, 5.74) is 1.83. The first-order valence-corrected chi connectivity index (χ1v) is 7.67. The van der Waals surface area contributed by atoms with E-state index in [2.05, 4.69) is 0 Å². The number of methoxy groups -OCH3 is 3. The average Bonchev–Trinajstić information content (AvgIpc) is 2.58. The summed E-state index contributed by atoms with van der Waals surface area (Å²) in [5, 5.41) is 0.507. The summed E-state index contributed by atoms with van der Waals surface area (Å²) in [6.07, 6.45) is 0.992. The summed E-state index contributed by atoms with van der Waals surface area (Å²) in [7, 11) is 4.10. The largest absolute Gasteiger partial charge is 0.469 e. The summed E-state index contributed by atoms with van der Waals surface area (Å²) in [4.78, 5) is 23.7. The Morgan fingerprint density at radius 1 is 1.25 bits per heavy atom. The molecular formula is C17H19ClO6. The molecule has 1 heterocycles. The minimum Gasteiger partial charge on any atom is -0.469 e. The highest BCUT2D eigenvalue weighted by Crippen LogP contribution is 2.34. The van der Waals surface area contributed by atoms with Crippen molar-refractivity contribution in [1.29, 1.82) is 0 Å². The van der Waals surface area contributed by atoms with E-state index in [9.17, 15) is 9.59 Å². The molecule has 1 aliphatic rings. The Hall–Kier alpha value is -1.89. The monoisotopic (exact) mass is 354 g/mol. The molecule has 0 aromatic heterocycles. The molecular weight excluding hydrogens is 336 g/mol. The van der Waals surface area contributed by atoms with E-state index in [4.69, 9.17) is 30.5 Å². The number of fused-ring (bicyclic) bond motifs is 1. The van der Waals surface area contributed by atoms with Crippen molar-refractivity contribution in [2.75, 3.05) is 27.9 Å². The van der Waals surface area contributed by atoms with Gasteiger partial charge in [0.25, 0.3) is 0 Å².